The van der Waals surface area contributed by atoms with Crippen LogP contribution in [0.25, 0.3) is 0 Å². The fraction of sp³-hybridized carbons (Fsp3) is 0.364. The molecule has 2 N–H and O–H groups in total. The summed E-state index contributed by atoms with van der Waals surface area (Å²) in [4.78, 5) is 26.5. The third-order valence-electron chi connectivity index (χ3n) is 4.82. The minimum absolute atomic E-state index is 0.0770. The number of hydrogen-bond acceptors (Lipinski definition) is 3. The van der Waals surface area contributed by atoms with Crippen molar-refractivity contribution in [3.63, 3.8) is 0 Å². The molecule has 28 heavy (non-hydrogen) atoms. The van der Waals surface area contributed by atoms with Crippen molar-refractivity contribution in [1.29, 1.82) is 0 Å². The molecule has 3 rings (SSSR count). The molecule has 0 atom stereocenters. The van der Waals surface area contributed by atoms with Gasteiger partial charge in [-0.2, -0.15) is 0 Å². The molecule has 0 aliphatic carbocycles. The molecule has 2 aromatic rings. The van der Waals surface area contributed by atoms with Crippen molar-refractivity contribution in [2.75, 3.05) is 29.9 Å². The first kappa shape index (κ1) is 19.9. The van der Waals surface area contributed by atoms with E-state index in [4.69, 9.17) is 0 Å². The number of rotatable bonds is 7. The predicted octanol–water partition coefficient (Wildman–Crippen LogP) is 3.96. The van der Waals surface area contributed by atoms with E-state index in [1.165, 1.54) is 43.5 Å². The number of piperidine rings is 1. The van der Waals surface area contributed by atoms with Crippen LogP contribution in [0.1, 0.15) is 42.5 Å². The van der Waals surface area contributed by atoms with E-state index in [1.54, 1.807) is 0 Å². The van der Waals surface area contributed by atoms with Crippen molar-refractivity contribution < 1.29 is 14.0 Å². The number of anilines is 2. The average Bonchev–Trinajstić information content (AvgIpc) is 2.72. The van der Waals surface area contributed by atoms with Crippen LogP contribution in [0.4, 0.5) is 15.8 Å². The molecule has 1 aliphatic heterocycles. The normalized spacial score (nSPS) is 13.8. The third kappa shape index (κ3) is 5.81. The second-order valence-electron chi connectivity index (χ2n) is 7.01. The largest absolute Gasteiger partial charge is 0.371 e. The maximum Gasteiger partial charge on any atom is 0.251 e. The van der Waals surface area contributed by atoms with Crippen molar-refractivity contribution >= 4 is 23.2 Å². The van der Waals surface area contributed by atoms with Crippen LogP contribution in [0.5, 0.6) is 0 Å². The highest BCUT2D eigenvalue weighted by Crippen LogP contribution is 2.23. The number of nitrogens with zero attached hydrogens (tertiary/aromatic N) is 1. The summed E-state index contributed by atoms with van der Waals surface area (Å²) in [5, 5.41) is 5.67. The van der Waals surface area contributed by atoms with Crippen LogP contribution in [-0.2, 0) is 4.79 Å². The average molecular weight is 383 g/mol. The molecule has 6 heteroatoms. The molecular formula is C22H26FN3O2. The van der Waals surface area contributed by atoms with Crippen LogP contribution >= 0.6 is 0 Å². The molecule has 5 nitrogen and oxygen atoms in total. The lowest BCUT2D eigenvalue weighted by molar-refractivity contribution is -0.116. The molecule has 1 aliphatic rings. The summed E-state index contributed by atoms with van der Waals surface area (Å²) in [6.45, 7) is 2.51. The summed E-state index contributed by atoms with van der Waals surface area (Å²) >= 11 is 0. The topological polar surface area (TPSA) is 61.4 Å². The van der Waals surface area contributed by atoms with E-state index in [1.807, 2.05) is 18.2 Å². The van der Waals surface area contributed by atoms with E-state index in [9.17, 15) is 14.0 Å². The van der Waals surface area contributed by atoms with Crippen LogP contribution in [0, 0.1) is 5.82 Å². The Balaban J connectivity index is 1.40. The van der Waals surface area contributed by atoms with Gasteiger partial charge in [-0.25, -0.2) is 4.39 Å². The molecule has 0 unspecified atom stereocenters. The van der Waals surface area contributed by atoms with E-state index in [0.29, 0.717) is 24.9 Å². The summed E-state index contributed by atoms with van der Waals surface area (Å²) in [5.41, 5.74) is 2.34. The highest BCUT2D eigenvalue weighted by molar-refractivity contribution is 5.94. The number of hydrogen-bond donors (Lipinski definition) is 2. The van der Waals surface area contributed by atoms with Gasteiger partial charge >= 0.3 is 0 Å². The molecule has 0 saturated carbocycles. The molecule has 2 amide bonds. The van der Waals surface area contributed by atoms with Gasteiger partial charge in [-0.15, -0.1) is 0 Å². The minimum Gasteiger partial charge on any atom is -0.371 e. The molecule has 0 aromatic heterocycles. The van der Waals surface area contributed by atoms with Gasteiger partial charge in [0.2, 0.25) is 5.91 Å². The number of benzene rings is 2. The second kappa shape index (κ2) is 9.88. The molecule has 2 aromatic carbocycles. The second-order valence-corrected chi connectivity index (χ2v) is 7.01. The van der Waals surface area contributed by atoms with Crippen molar-refractivity contribution in [1.82, 2.24) is 5.32 Å². The molecule has 148 valence electrons. The van der Waals surface area contributed by atoms with E-state index in [2.05, 4.69) is 21.6 Å². The zero-order valence-electron chi connectivity index (χ0n) is 15.9. The molecule has 1 fully saturated rings. The van der Waals surface area contributed by atoms with Crippen molar-refractivity contribution in [2.45, 2.75) is 32.1 Å². The molecular weight excluding hydrogens is 357 g/mol. The molecule has 0 bridgehead atoms. The lowest BCUT2D eigenvalue weighted by atomic mass is 10.1. The number of carbonyl (C=O) groups is 2. The van der Waals surface area contributed by atoms with Crippen LogP contribution < -0.4 is 15.5 Å². The van der Waals surface area contributed by atoms with Gasteiger partial charge in [0.1, 0.15) is 5.82 Å². The standard InChI is InChI=1S/C22H26FN3O2/c23-18-11-9-17(10-12-18)22(28)24-13-5-8-21(27)25-19-6-4-7-20(16-19)26-14-2-1-3-15-26/h4,6-7,9-12,16H,1-3,5,8,13-15H2,(H,24,28)(H,25,27). The zero-order valence-corrected chi connectivity index (χ0v) is 15.9. The van der Waals surface area contributed by atoms with Crippen molar-refractivity contribution in [3.05, 3.63) is 59.9 Å². The van der Waals surface area contributed by atoms with E-state index >= 15 is 0 Å². The number of amides is 2. The highest BCUT2D eigenvalue weighted by atomic mass is 19.1. The van der Waals surface area contributed by atoms with Gasteiger partial charge in [0.25, 0.3) is 5.91 Å². The Morgan fingerprint density at radius 3 is 2.50 bits per heavy atom. The van der Waals surface area contributed by atoms with Gasteiger partial charge < -0.3 is 15.5 Å². The number of halogens is 1. The van der Waals surface area contributed by atoms with Gasteiger partial charge in [-0.3, -0.25) is 9.59 Å². The first-order valence-corrected chi connectivity index (χ1v) is 9.80. The fourth-order valence-electron chi connectivity index (χ4n) is 3.31. The minimum atomic E-state index is -0.377. The summed E-state index contributed by atoms with van der Waals surface area (Å²) in [6, 6.07) is 13.3. The van der Waals surface area contributed by atoms with Crippen molar-refractivity contribution in [3.8, 4) is 0 Å². The fourth-order valence-corrected chi connectivity index (χ4v) is 3.31. The smallest absolute Gasteiger partial charge is 0.251 e. The highest BCUT2D eigenvalue weighted by Gasteiger charge is 2.12. The summed E-state index contributed by atoms with van der Waals surface area (Å²) < 4.78 is 12.9. The Hall–Kier alpha value is -2.89. The van der Waals surface area contributed by atoms with Gasteiger partial charge in [0.15, 0.2) is 0 Å². The van der Waals surface area contributed by atoms with Gasteiger partial charge in [-0.1, -0.05) is 6.07 Å². The quantitative estimate of drug-likeness (QED) is 0.712. The van der Waals surface area contributed by atoms with Gasteiger partial charge in [0, 0.05) is 43.0 Å². The van der Waals surface area contributed by atoms with E-state index < -0.39 is 0 Å². The Labute approximate surface area is 164 Å². The van der Waals surface area contributed by atoms with Crippen LogP contribution in [0.3, 0.4) is 0 Å². The van der Waals surface area contributed by atoms with Crippen LogP contribution in [0.15, 0.2) is 48.5 Å². The first-order valence-electron chi connectivity index (χ1n) is 9.80. The zero-order chi connectivity index (χ0) is 19.8. The Bertz CT molecular complexity index is 802. The third-order valence-corrected chi connectivity index (χ3v) is 4.82. The summed E-state index contributed by atoms with van der Waals surface area (Å²) in [7, 11) is 0. The molecule has 1 heterocycles. The maximum atomic E-state index is 12.9. The number of nitrogens with one attached hydrogen (secondary N) is 2. The SMILES string of the molecule is O=C(CCCNC(=O)c1ccc(F)cc1)Nc1cccc(N2CCCCC2)c1. The molecule has 0 radical (unpaired) electrons. The Morgan fingerprint density at radius 2 is 1.75 bits per heavy atom. The predicted molar refractivity (Wildman–Crippen MR) is 109 cm³/mol. The van der Waals surface area contributed by atoms with Gasteiger partial charge in [0.05, 0.1) is 0 Å². The van der Waals surface area contributed by atoms with Crippen LogP contribution in [-0.4, -0.2) is 31.4 Å². The van der Waals surface area contributed by atoms with Crippen LogP contribution in [0.2, 0.25) is 0 Å². The van der Waals surface area contributed by atoms with Gasteiger partial charge in [-0.05, 0) is 68.1 Å². The van der Waals surface area contributed by atoms with E-state index in [-0.39, 0.29) is 17.6 Å². The van der Waals surface area contributed by atoms with Crippen molar-refractivity contribution in [2.24, 2.45) is 0 Å². The Kier molecular flexibility index (Phi) is 7.00. The number of carbonyl (C=O) groups excluding carboxylic acids is 2. The lowest BCUT2D eigenvalue weighted by Crippen LogP contribution is -2.29. The monoisotopic (exact) mass is 383 g/mol. The maximum absolute atomic E-state index is 12.9. The van der Waals surface area contributed by atoms with E-state index in [0.717, 1.165) is 24.5 Å². The lowest BCUT2D eigenvalue weighted by Gasteiger charge is -2.29. The molecule has 0 spiro atoms. The molecule has 1 saturated heterocycles. The Morgan fingerprint density at radius 1 is 1.00 bits per heavy atom. The first-order chi connectivity index (χ1) is 13.6. The summed E-state index contributed by atoms with van der Waals surface area (Å²) in [5.74, 6) is -0.723. The summed E-state index contributed by atoms with van der Waals surface area (Å²) in [6.07, 6.45) is 4.55.